The summed E-state index contributed by atoms with van der Waals surface area (Å²) in [4.78, 5) is 12.2. The first kappa shape index (κ1) is 28.0. The third-order valence-corrected chi connectivity index (χ3v) is 7.66. The summed E-state index contributed by atoms with van der Waals surface area (Å²) in [7, 11) is 0. The van der Waals surface area contributed by atoms with Crippen LogP contribution < -0.4 is 0 Å². The number of hydrogen-bond donors (Lipinski definition) is 2. The maximum Gasteiger partial charge on any atom is 0.339 e. The molecule has 188 valence electrons. The smallest absolute Gasteiger partial charge is 0.339 e. The summed E-state index contributed by atoms with van der Waals surface area (Å²) >= 11 is 0. The van der Waals surface area contributed by atoms with Crippen molar-refractivity contribution in [2.24, 2.45) is 0 Å². The molecule has 0 saturated heterocycles. The Hall–Kier alpha value is -2.29. The van der Waals surface area contributed by atoms with E-state index >= 15 is 0 Å². The van der Waals surface area contributed by atoms with Gasteiger partial charge in [-0.3, -0.25) is 0 Å². The van der Waals surface area contributed by atoms with Gasteiger partial charge >= 0.3 is 5.97 Å². The Bertz CT molecular complexity index is 1070. The van der Waals surface area contributed by atoms with Crippen LogP contribution in [0.2, 0.25) is 0 Å². The Labute approximate surface area is 207 Å². The highest BCUT2D eigenvalue weighted by molar-refractivity contribution is 5.95. The standard InChI is InChI=1S/C31H46O3/c1-13-30(9,10)19-15-16-22(31(11,12)14-2)20(17-19)24-23(28(3,4)5)18-21(27(33)34)26(32)25(24)29(6,7)8/h15-18,32H,13-14H2,1-12H3,(H,33,34). The maximum atomic E-state index is 12.2. The SMILES string of the molecule is CCC(C)(C)c1ccc(C(C)(C)CC)c(-c2c(C(C)(C)C)cc(C(=O)O)c(O)c2C(C)(C)C)c1. The zero-order valence-electron chi connectivity index (χ0n) is 23.5. The molecule has 2 N–H and O–H groups in total. The van der Waals surface area contributed by atoms with Gasteiger partial charge in [-0.15, -0.1) is 0 Å². The number of aromatic carboxylic acids is 1. The Morgan fingerprint density at radius 3 is 1.71 bits per heavy atom. The van der Waals surface area contributed by atoms with E-state index < -0.39 is 11.4 Å². The van der Waals surface area contributed by atoms with E-state index in [4.69, 9.17) is 0 Å². The quantitative estimate of drug-likeness (QED) is 0.447. The fourth-order valence-electron chi connectivity index (χ4n) is 4.59. The largest absolute Gasteiger partial charge is 0.507 e. The van der Waals surface area contributed by atoms with Crippen LogP contribution in [0.1, 0.15) is 129 Å². The molecular weight excluding hydrogens is 420 g/mol. The minimum absolute atomic E-state index is 0.00349. The maximum absolute atomic E-state index is 12.2. The van der Waals surface area contributed by atoms with Gasteiger partial charge in [0.15, 0.2) is 0 Å². The molecule has 0 aromatic heterocycles. The summed E-state index contributed by atoms with van der Waals surface area (Å²) in [6.45, 7) is 25.9. The monoisotopic (exact) mass is 466 g/mol. The van der Waals surface area contributed by atoms with Crippen molar-refractivity contribution in [3.63, 3.8) is 0 Å². The van der Waals surface area contributed by atoms with Crippen LogP contribution in [0.4, 0.5) is 0 Å². The summed E-state index contributed by atoms with van der Waals surface area (Å²) in [6.07, 6.45) is 1.97. The first-order chi connectivity index (χ1) is 15.3. The Morgan fingerprint density at radius 2 is 1.29 bits per heavy atom. The molecule has 0 unspecified atom stereocenters. The molecule has 0 aliphatic carbocycles. The number of aromatic hydroxyl groups is 1. The molecule has 0 bridgehead atoms. The average molecular weight is 467 g/mol. The fraction of sp³-hybridized carbons (Fsp3) is 0.581. The second-order valence-corrected chi connectivity index (χ2v) is 13.1. The van der Waals surface area contributed by atoms with E-state index in [2.05, 4.69) is 80.5 Å². The lowest BCUT2D eigenvalue weighted by Gasteiger charge is -2.36. The highest BCUT2D eigenvalue weighted by Crippen LogP contribution is 2.50. The molecule has 0 amide bonds. The van der Waals surface area contributed by atoms with Crippen molar-refractivity contribution in [1.82, 2.24) is 0 Å². The average Bonchev–Trinajstić information content (AvgIpc) is 2.70. The van der Waals surface area contributed by atoms with E-state index in [9.17, 15) is 15.0 Å². The van der Waals surface area contributed by atoms with Crippen LogP contribution in [0, 0.1) is 0 Å². The normalized spacial score (nSPS) is 13.3. The zero-order valence-corrected chi connectivity index (χ0v) is 23.5. The van der Waals surface area contributed by atoms with Crippen molar-refractivity contribution >= 4 is 5.97 Å². The van der Waals surface area contributed by atoms with Crippen molar-refractivity contribution in [3.05, 3.63) is 52.1 Å². The topological polar surface area (TPSA) is 57.5 Å². The lowest BCUT2D eigenvalue weighted by molar-refractivity contribution is 0.0693. The molecule has 0 atom stereocenters. The van der Waals surface area contributed by atoms with Crippen LogP contribution >= 0.6 is 0 Å². The number of carboxylic acids is 1. The van der Waals surface area contributed by atoms with E-state index in [0.717, 1.165) is 29.5 Å². The molecule has 2 aromatic rings. The predicted molar refractivity (Wildman–Crippen MR) is 145 cm³/mol. The second kappa shape index (κ2) is 9.06. The molecule has 0 aliphatic heterocycles. The first-order valence-corrected chi connectivity index (χ1v) is 12.6. The summed E-state index contributed by atoms with van der Waals surface area (Å²) in [5, 5.41) is 21.3. The van der Waals surface area contributed by atoms with E-state index in [-0.39, 0.29) is 27.6 Å². The van der Waals surface area contributed by atoms with E-state index in [1.54, 1.807) is 6.07 Å². The first-order valence-electron chi connectivity index (χ1n) is 12.6. The van der Waals surface area contributed by atoms with Crippen LogP contribution in [0.25, 0.3) is 11.1 Å². The van der Waals surface area contributed by atoms with Crippen LogP contribution in [-0.4, -0.2) is 16.2 Å². The second-order valence-electron chi connectivity index (χ2n) is 13.1. The number of carbonyl (C=O) groups is 1. The van der Waals surface area contributed by atoms with Crippen molar-refractivity contribution in [2.75, 3.05) is 0 Å². The van der Waals surface area contributed by atoms with Gasteiger partial charge in [0.2, 0.25) is 0 Å². The van der Waals surface area contributed by atoms with Gasteiger partial charge in [0, 0.05) is 5.56 Å². The van der Waals surface area contributed by atoms with Crippen LogP contribution in [0.5, 0.6) is 5.75 Å². The van der Waals surface area contributed by atoms with Crippen molar-refractivity contribution < 1.29 is 15.0 Å². The molecule has 0 spiro atoms. The van der Waals surface area contributed by atoms with E-state index in [1.807, 2.05) is 20.8 Å². The van der Waals surface area contributed by atoms with Gasteiger partial charge in [-0.25, -0.2) is 4.79 Å². The highest BCUT2D eigenvalue weighted by atomic mass is 16.4. The summed E-state index contributed by atoms with van der Waals surface area (Å²) in [5.74, 6) is -1.22. The number of phenols is 1. The number of rotatable bonds is 6. The van der Waals surface area contributed by atoms with Gasteiger partial charge in [-0.1, -0.05) is 101 Å². The molecule has 2 aromatic carbocycles. The molecule has 3 nitrogen and oxygen atoms in total. The third kappa shape index (κ3) is 5.19. The molecule has 0 saturated carbocycles. The van der Waals surface area contributed by atoms with Crippen LogP contribution in [0.15, 0.2) is 24.3 Å². The Kier molecular flexibility index (Phi) is 7.45. The van der Waals surface area contributed by atoms with E-state index in [0.29, 0.717) is 5.56 Å². The molecule has 3 heteroatoms. The fourth-order valence-corrected chi connectivity index (χ4v) is 4.59. The van der Waals surface area contributed by atoms with Crippen LogP contribution in [-0.2, 0) is 21.7 Å². The molecule has 0 heterocycles. The highest BCUT2D eigenvalue weighted by Gasteiger charge is 2.35. The summed E-state index contributed by atoms with van der Waals surface area (Å²) in [5.41, 5.74) is 5.31. The molecule has 0 aliphatic rings. The minimum Gasteiger partial charge on any atom is -0.507 e. The van der Waals surface area contributed by atoms with Crippen LogP contribution in [0.3, 0.4) is 0 Å². The lowest BCUT2D eigenvalue weighted by Crippen LogP contribution is -2.24. The molecule has 34 heavy (non-hydrogen) atoms. The van der Waals surface area contributed by atoms with Crippen molar-refractivity contribution in [2.45, 2.75) is 118 Å². The van der Waals surface area contributed by atoms with Gasteiger partial charge in [-0.2, -0.15) is 0 Å². The number of hydrogen-bond acceptors (Lipinski definition) is 2. The lowest BCUT2D eigenvalue weighted by atomic mass is 9.68. The van der Waals surface area contributed by atoms with Gasteiger partial charge in [-0.05, 0) is 68.4 Å². The van der Waals surface area contributed by atoms with Gasteiger partial charge in [0.1, 0.15) is 11.3 Å². The molecule has 2 rings (SSSR count). The molecule has 0 fully saturated rings. The predicted octanol–water partition coefficient (Wildman–Crippen LogP) is 8.73. The van der Waals surface area contributed by atoms with Gasteiger partial charge in [0.25, 0.3) is 0 Å². The van der Waals surface area contributed by atoms with Gasteiger partial charge < -0.3 is 10.2 Å². The Morgan fingerprint density at radius 1 is 0.765 bits per heavy atom. The summed E-state index contributed by atoms with van der Waals surface area (Å²) < 4.78 is 0. The third-order valence-electron chi connectivity index (χ3n) is 7.66. The number of carboxylic acid groups (broad SMARTS) is 1. The minimum atomic E-state index is -1.10. The van der Waals surface area contributed by atoms with Crippen molar-refractivity contribution in [3.8, 4) is 16.9 Å². The van der Waals surface area contributed by atoms with Crippen molar-refractivity contribution in [1.29, 1.82) is 0 Å². The Balaban J connectivity index is 3.27. The van der Waals surface area contributed by atoms with Gasteiger partial charge in [0.05, 0.1) is 0 Å². The molecule has 0 radical (unpaired) electrons. The molecular formula is C31H46O3. The zero-order chi connectivity index (χ0) is 26.4. The number of benzene rings is 2. The summed E-state index contributed by atoms with van der Waals surface area (Å²) in [6, 6.07) is 8.50. The van der Waals surface area contributed by atoms with E-state index in [1.165, 1.54) is 11.1 Å².